The molecule has 0 radical (unpaired) electrons. The van der Waals surface area contributed by atoms with Crippen LogP contribution in [0.5, 0.6) is 0 Å². The molecule has 12 heavy (non-hydrogen) atoms. The summed E-state index contributed by atoms with van der Waals surface area (Å²) in [6, 6.07) is 0. The molecule has 0 bridgehead atoms. The Hall–Kier alpha value is 0.0900. The molecule has 0 amide bonds. The SMILES string of the molecule is CCCC1C=CCC(CCC)S1. The van der Waals surface area contributed by atoms with E-state index in [4.69, 9.17) is 0 Å². The Labute approximate surface area is 80.8 Å². The largest absolute Gasteiger partial charge is 0.151 e. The molecular formula is C11H20S. The highest BCUT2D eigenvalue weighted by atomic mass is 32.2. The van der Waals surface area contributed by atoms with Crippen molar-refractivity contribution in [3.8, 4) is 0 Å². The van der Waals surface area contributed by atoms with E-state index in [9.17, 15) is 0 Å². The maximum atomic E-state index is 2.40. The van der Waals surface area contributed by atoms with Crippen molar-refractivity contribution in [2.45, 2.75) is 56.5 Å². The molecule has 1 rings (SSSR count). The highest BCUT2D eigenvalue weighted by Gasteiger charge is 2.16. The van der Waals surface area contributed by atoms with Crippen LogP contribution in [-0.2, 0) is 0 Å². The first kappa shape index (κ1) is 10.2. The van der Waals surface area contributed by atoms with Crippen molar-refractivity contribution in [1.82, 2.24) is 0 Å². The van der Waals surface area contributed by atoms with Gasteiger partial charge in [0, 0.05) is 10.5 Å². The minimum Gasteiger partial charge on any atom is -0.151 e. The summed E-state index contributed by atoms with van der Waals surface area (Å²) in [5.74, 6) is 0. The van der Waals surface area contributed by atoms with Crippen LogP contribution in [0.2, 0.25) is 0 Å². The Kier molecular flexibility index (Phi) is 4.82. The summed E-state index contributed by atoms with van der Waals surface area (Å²) < 4.78 is 0. The Morgan fingerprint density at radius 3 is 2.67 bits per heavy atom. The van der Waals surface area contributed by atoms with E-state index in [0.717, 1.165) is 10.5 Å². The fourth-order valence-corrected chi connectivity index (χ4v) is 3.35. The van der Waals surface area contributed by atoms with E-state index in [2.05, 4.69) is 37.8 Å². The fraction of sp³-hybridized carbons (Fsp3) is 0.818. The van der Waals surface area contributed by atoms with Crippen molar-refractivity contribution in [2.75, 3.05) is 0 Å². The monoisotopic (exact) mass is 184 g/mol. The molecule has 0 N–H and O–H groups in total. The molecular weight excluding hydrogens is 164 g/mol. The lowest BCUT2D eigenvalue weighted by molar-refractivity contribution is 0.723. The zero-order chi connectivity index (χ0) is 8.81. The zero-order valence-electron chi connectivity index (χ0n) is 8.25. The van der Waals surface area contributed by atoms with Crippen LogP contribution in [0.25, 0.3) is 0 Å². The summed E-state index contributed by atoms with van der Waals surface area (Å²) >= 11 is 2.19. The third kappa shape index (κ3) is 3.22. The molecule has 0 aliphatic carbocycles. The number of allylic oxidation sites excluding steroid dienone is 1. The Bertz CT molecular complexity index is 140. The second kappa shape index (κ2) is 5.69. The van der Waals surface area contributed by atoms with E-state index in [0.29, 0.717) is 0 Å². The van der Waals surface area contributed by atoms with Gasteiger partial charge >= 0.3 is 0 Å². The Morgan fingerprint density at radius 1 is 1.25 bits per heavy atom. The van der Waals surface area contributed by atoms with Gasteiger partial charge in [-0.25, -0.2) is 0 Å². The average molecular weight is 184 g/mol. The van der Waals surface area contributed by atoms with E-state index in [1.165, 1.54) is 32.1 Å². The van der Waals surface area contributed by atoms with Gasteiger partial charge in [-0.3, -0.25) is 0 Å². The van der Waals surface area contributed by atoms with Crippen LogP contribution in [0.3, 0.4) is 0 Å². The van der Waals surface area contributed by atoms with Gasteiger partial charge in [-0.15, -0.1) is 0 Å². The molecule has 1 heteroatoms. The smallest absolute Gasteiger partial charge is 0.0229 e. The normalized spacial score (nSPS) is 29.2. The maximum Gasteiger partial charge on any atom is 0.0229 e. The molecule has 1 heterocycles. The van der Waals surface area contributed by atoms with Crippen LogP contribution in [0, 0.1) is 0 Å². The van der Waals surface area contributed by atoms with Gasteiger partial charge in [0.1, 0.15) is 0 Å². The molecule has 0 aromatic rings. The molecule has 0 saturated heterocycles. The summed E-state index contributed by atoms with van der Waals surface area (Å²) in [5, 5.41) is 1.73. The number of thioether (sulfide) groups is 1. The molecule has 70 valence electrons. The molecule has 2 unspecified atom stereocenters. The van der Waals surface area contributed by atoms with Gasteiger partial charge in [0.05, 0.1) is 0 Å². The van der Waals surface area contributed by atoms with Crippen molar-refractivity contribution in [2.24, 2.45) is 0 Å². The molecule has 0 aromatic carbocycles. The molecule has 0 saturated carbocycles. The van der Waals surface area contributed by atoms with Gasteiger partial charge in [0.25, 0.3) is 0 Å². The third-order valence-electron chi connectivity index (χ3n) is 2.30. The van der Waals surface area contributed by atoms with Crippen LogP contribution in [-0.4, -0.2) is 10.5 Å². The van der Waals surface area contributed by atoms with E-state index in [-0.39, 0.29) is 0 Å². The van der Waals surface area contributed by atoms with Gasteiger partial charge < -0.3 is 0 Å². The summed E-state index contributed by atoms with van der Waals surface area (Å²) in [4.78, 5) is 0. The summed E-state index contributed by atoms with van der Waals surface area (Å²) in [7, 11) is 0. The molecule has 0 fully saturated rings. The van der Waals surface area contributed by atoms with Crippen LogP contribution in [0.1, 0.15) is 46.0 Å². The van der Waals surface area contributed by atoms with Gasteiger partial charge in [0.15, 0.2) is 0 Å². The van der Waals surface area contributed by atoms with Gasteiger partial charge in [-0.2, -0.15) is 11.8 Å². The first-order valence-corrected chi connectivity index (χ1v) is 6.13. The topological polar surface area (TPSA) is 0 Å². The van der Waals surface area contributed by atoms with Crippen LogP contribution < -0.4 is 0 Å². The number of hydrogen-bond acceptors (Lipinski definition) is 1. The molecule has 2 atom stereocenters. The molecule has 1 aliphatic heterocycles. The summed E-state index contributed by atoms with van der Waals surface area (Å²) in [6.07, 6.45) is 11.5. The standard InChI is InChI=1S/C11H20S/c1-3-6-10-8-5-9-11(12-10)7-4-2/h5,8,10-11H,3-4,6-7,9H2,1-2H3. The van der Waals surface area contributed by atoms with E-state index in [1.807, 2.05) is 0 Å². The first-order valence-electron chi connectivity index (χ1n) is 5.19. The predicted octanol–water partition coefficient (Wildman–Crippen LogP) is 4.02. The van der Waals surface area contributed by atoms with Gasteiger partial charge in [-0.1, -0.05) is 38.8 Å². The van der Waals surface area contributed by atoms with E-state index in [1.54, 1.807) is 0 Å². The fourth-order valence-electron chi connectivity index (χ4n) is 1.69. The highest BCUT2D eigenvalue weighted by molar-refractivity contribution is 8.00. The van der Waals surface area contributed by atoms with Gasteiger partial charge in [-0.05, 0) is 19.3 Å². The first-order chi connectivity index (χ1) is 5.86. The maximum absolute atomic E-state index is 2.40. The van der Waals surface area contributed by atoms with Crippen molar-refractivity contribution in [3.63, 3.8) is 0 Å². The second-order valence-electron chi connectivity index (χ2n) is 3.54. The Morgan fingerprint density at radius 2 is 2.00 bits per heavy atom. The lowest BCUT2D eigenvalue weighted by Crippen LogP contribution is -2.12. The molecule has 0 aromatic heterocycles. The minimum atomic E-state index is 0.820. The van der Waals surface area contributed by atoms with Crippen molar-refractivity contribution < 1.29 is 0 Å². The summed E-state index contributed by atoms with van der Waals surface area (Å²) in [5.41, 5.74) is 0. The summed E-state index contributed by atoms with van der Waals surface area (Å²) in [6.45, 7) is 4.56. The Balaban J connectivity index is 2.29. The second-order valence-corrected chi connectivity index (χ2v) is 5.08. The van der Waals surface area contributed by atoms with E-state index >= 15 is 0 Å². The number of rotatable bonds is 4. The number of hydrogen-bond donors (Lipinski definition) is 0. The molecule has 1 aliphatic rings. The van der Waals surface area contributed by atoms with Crippen molar-refractivity contribution >= 4 is 11.8 Å². The lowest BCUT2D eigenvalue weighted by atomic mass is 10.1. The zero-order valence-corrected chi connectivity index (χ0v) is 9.07. The van der Waals surface area contributed by atoms with Gasteiger partial charge in [0.2, 0.25) is 0 Å². The third-order valence-corrected chi connectivity index (χ3v) is 3.86. The van der Waals surface area contributed by atoms with Crippen molar-refractivity contribution in [3.05, 3.63) is 12.2 Å². The van der Waals surface area contributed by atoms with Crippen LogP contribution in [0.4, 0.5) is 0 Å². The molecule has 0 spiro atoms. The quantitative estimate of drug-likeness (QED) is 0.595. The highest BCUT2D eigenvalue weighted by Crippen LogP contribution is 2.32. The molecule has 0 nitrogen and oxygen atoms in total. The van der Waals surface area contributed by atoms with Crippen molar-refractivity contribution in [1.29, 1.82) is 0 Å². The van der Waals surface area contributed by atoms with Crippen LogP contribution in [0.15, 0.2) is 12.2 Å². The minimum absolute atomic E-state index is 0.820. The van der Waals surface area contributed by atoms with Crippen LogP contribution >= 0.6 is 11.8 Å². The average Bonchev–Trinajstić information content (AvgIpc) is 2.06. The van der Waals surface area contributed by atoms with E-state index < -0.39 is 0 Å². The lowest BCUT2D eigenvalue weighted by Gasteiger charge is -2.23. The predicted molar refractivity (Wildman–Crippen MR) is 58.7 cm³/mol.